The highest BCUT2D eigenvalue weighted by Crippen LogP contribution is 2.24. The van der Waals surface area contributed by atoms with Crippen molar-refractivity contribution in [2.75, 3.05) is 7.11 Å². The summed E-state index contributed by atoms with van der Waals surface area (Å²) < 4.78 is 10.4. The Labute approximate surface area is 134 Å². The Balaban J connectivity index is 1.89. The summed E-state index contributed by atoms with van der Waals surface area (Å²) in [5.41, 5.74) is -0.507. The van der Waals surface area contributed by atoms with E-state index in [-0.39, 0.29) is 17.7 Å². The van der Waals surface area contributed by atoms with Crippen LogP contribution in [0.4, 0.5) is 0 Å². The molecule has 3 rings (SSSR count). The predicted octanol–water partition coefficient (Wildman–Crippen LogP) is 3.11. The molecule has 1 amide bonds. The fraction of sp³-hybridized carbons (Fsp3) is 0.444. The van der Waals surface area contributed by atoms with Crippen molar-refractivity contribution in [3.63, 3.8) is 0 Å². The number of ether oxygens (including phenoxy) is 1. The Morgan fingerprint density at radius 3 is 2.78 bits per heavy atom. The van der Waals surface area contributed by atoms with Gasteiger partial charge in [-0.1, -0.05) is 19.8 Å². The summed E-state index contributed by atoms with van der Waals surface area (Å²) in [6.07, 6.45) is 4.41. The predicted molar refractivity (Wildman–Crippen MR) is 87.9 cm³/mol. The van der Waals surface area contributed by atoms with E-state index < -0.39 is 5.63 Å². The van der Waals surface area contributed by atoms with E-state index >= 15 is 0 Å². The molecule has 0 radical (unpaired) electrons. The highest BCUT2D eigenvalue weighted by Gasteiger charge is 2.24. The van der Waals surface area contributed by atoms with Crippen LogP contribution >= 0.6 is 0 Å². The van der Waals surface area contributed by atoms with E-state index in [0.29, 0.717) is 22.4 Å². The first-order chi connectivity index (χ1) is 11.1. The third kappa shape index (κ3) is 3.23. The minimum atomic E-state index is -0.507. The van der Waals surface area contributed by atoms with Gasteiger partial charge in [0.25, 0.3) is 5.91 Å². The van der Waals surface area contributed by atoms with Crippen molar-refractivity contribution in [1.82, 2.24) is 5.32 Å². The zero-order valence-corrected chi connectivity index (χ0v) is 13.4. The summed E-state index contributed by atoms with van der Waals surface area (Å²) in [7, 11) is 1.56. The lowest BCUT2D eigenvalue weighted by atomic mass is 9.86. The summed E-state index contributed by atoms with van der Waals surface area (Å²) in [6, 6.07) is 6.81. The van der Waals surface area contributed by atoms with Crippen LogP contribution in [-0.4, -0.2) is 19.1 Å². The van der Waals surface area contributed by atoms with Crippen LogP contribution < -0.4 is 15.7 Å². The van der Waals surface area contributed by atoms with Crippen molar-refractivity contribution in [1.29, 1.82) is 0 Å². The SMILES string of the molecule is COc1ccc2c(=O)oc(C(=O)NC3CCCCC3C)cc2c1. The topological polar surface area (TPSA) is 68.5 Å². The Bertz CT molecular complexity index is 780. The molecule has 1 aliphatic carbocycles. The fourth-order valence-electron chi connectivity index (χ4n) is 3.18. The van der Waals surface area contributed by atoms with Gasteiger partial charge in [0, 0.05) is 6.04 Å². The number of rotatable bonds is 3. The van der Waals surface area contributed by atoms with Crippen molar-refractivity contribution < 1.29 is 13.9 Å². The number of carbonyl (C=O) groups is 1. The Morgan fingerprint density at radius 1 is 1.26 bits per heavy atom. The molecule has 1 saturated carbocycles. The monoisotopic (exact) mass is 315 g/mol. The van der Waals surface area contributed by atoms with E-state index in [2.05, 4.69) is 12.2 Å². The van der Waals surface area contributed by atoms with Crippen molar-refractivity contribution in [3.05, 3.63) is 40.4 Å². The molecular formula is C18H21NO4. The maximum absolute atomic E-state index is 12.4. The highest BCUT2D eigenvalue weighted by atomic mass is 16.5. The van der Waals surface area contributed by atoms with Gasteiger partial charge in [0.15, 0.2) is 5.76 Å². The molecule has 1 aliphatic rings. The number of carbonyl (C=O) groups excluding carboxylic acids is 1. The Hall–Kier alpha value is -2.30. The smallest absolute Gasteiger partial charge is 0.344 e. The summed E-state index contributed by atoms with van der Waals surface area (Å²) in [5, 5.41) is 4.08. The van der Waals surface area contributed by atoms with Gasteiger partial charge in [-0.15, -0.1) is 0 Å². The molecule has 1 N–H and O–H groups in total. The van der Waals surface area contributed by atoms with Gasteiger partial charge in [0.1, 0.15) is 5.75 Å². The van der Waals surface area contributed by atoms with Gasteiger partial charge in [-0.05, 0) is 48.4 Å². The van der Waals surface area contributed by atoms with Crippen LogP contribution in [0.5, 0.6) is 5.75 Å². The molecule has 0 spiro atoms. The Kier molecular flexibility index (Phi) is 4.37. The number of amides is 1. The van der Waals surface area contributed by atoms with Crippen LogP contribution in [0.2, 0.25) is 0 Å². The molecule has 2 unspecified atom stereocenters. The number of benzene rings is 1. The van der Waals surface area contributed by atoms with Crippen LogP contribution in [0.25, 0.3) is 10.8 Å². The number of methoxy groups -OCH3 is 1. The van der Waals surface area contributed by atoms with Crippen LogP contribution in [0.3, 0.4) is 0 Å². The van der Waals surface area contributed by atoms with Gasteiger partial charge in [-0.3, -0.25) is 4.79 Å². The fourth-order valence-corrected chi connectivity index (χ4v) is 3.18. The minimum Gasteiger partial charge on any atom is -0.497 e. The van der Waals surface area contributed by atoms with Gasteiger partial charge in [0.2, 0.25) is 0 Å². The van der Waals surface area contributed by atoms with E-state index in [1.807, 2.05) is 0 Å². The molecule has 2 aromatic rings. The molecular weight excluding hydrogens is 294 g/mol. The number of nitrogens with one attached hydrogen (secondary N) is 1. The maximum atomic E-state index is 12.4. The number of fused-ring (bicyclic) bond motifs is 1. The third-order valence-electron chi connectivity index (χ3n) is 4.62. The van der Waals surface area contributed by atoms with E-state index in [4.69, 9.17) is 9.15 Å². The average molecular weight is 315 g/mol. The standard InChI is InChI=1S/C18H21NO4/c1-11-5-3-4-6-15(11)19-17(20)16-10-12-9-13(22-2)7-8-14(12)18(21)23-16/h7-11,15H,3-6H2,1-2H3,(H,19,20). The molecule has 1 fully saturated rings. The molecule has 2 atom stereocenters. The summed E-state index contributed by atoms with van der Waals surface area (Å²) in [4.78, 5) is 24.5. The first kappa shape index (κ1) is 15.6. The first-order valence-corrected chi connectivity index (χ1v) is 8.01. The largest absolute Gasteiger partial charge is 0.497 e. The molecule has 1 aromatic heterocycles. The molecule has 122 valence electrons. The van der Waals surface area contributed by atoms with Crippen LogP contribution in [0.15, 0.2) is 33.5 Å². The lowest BCUT2D eigenvalue weighted by molar-refractivity contribution is 0.0878. The number of hydrogen-bond donors (Lipinski definition) is 1. The lowest BCUT2D eigenvalue weighted by Crippen LogP contribution is -2.41. The normalized spacial score (nSPS) is 21.1. The van der Waals surface area contributed by atoms with Crippen LogP contribution in [-0.2, 0) is 0 Å². The van der Waals surface area contributed by atoms with Gasteiger partial charge in [-0.25, -0.2) is 4.79 Å². The van der Waals surface area contributed by atoms with Gasteiger partial charge >= 0.3 is 5.63 Å². The Morgan fingerprint density at radius 2 is 2.04 bits per heavy atom. The van der Waals surface area contributed by atoms with Crippen molar-refractivity contribution in [2.24, 2.45) is 5.92 Å². The quantitative estimate of drug-likeness (QED) is 0.945. The summed E-state index contributed by atoms with van der Waals surface area (Å²) in [6.45, 7) is 2.14. The summed E-state index contributed by atoms with van der Waals surface area (Å²) in [5.74, 6) is 0.800. The second-order valence-electron chi connectivity index (χ2n) is 6.19. The lowest BCUT2D eigenvalue weighted by Gasteiger charge is -2.29. The molecule has 0 saturated heterocycles. The van der Waals surface area contributed by atoms with Gasteiger partial charge < -0.3 is 14.5 Å². The second kappa shape index (κ2) is 6.44. The molecule has 1 aromatic carbocycles. The highest BCUT2D eigenvalue weighted by molar-refractivity contribution is 5.95. The zero-order chi connectivity index (χ0) is 16.4. The molecule has 0 bridgehead atoms. The van der Waals surface area contributed by atoms with E-state index in [1.165, 1.54) is 6.42 Å². The van der Waals surface area contributed by atoms with E-state index in [0.717, 1.165) is 19.3 Å². The van der Waals surface area contributed by atoms with Crippen molar-refractivity contribution >= 4 is 16.7 Å². The molecule has 0 aliphatic heterocycles. The minimum absolute atomic E-state index is 0.0496. The zero-order valence-electron chi connectivity index (χ0n) is 13.4. The average Bonchev–Trinajstić information content (AvgIpc) is 2.56. The summed E-state index contributed by atoms with van der Waals surface area (Å²) >= 11 is 0. The van der Waals surface area contributed by atoms with Crippen LogP contribution in [0.1, 0.15) is 43.2 Å². The van der Waals surface area contributed by atoms with E-state index in [9.17, 15) is 9.59 Å². The third-order valence-corrected chi connectivity index (χ3v) is 4.62. The molecule has 5 nitrogen and oxygen atoms in total. The van der Waals surface area contributed by atoms with E-state index in [1.54, 1.807) is 31.4 Å². The second-order valence-corrected chi connectivity index (χ2v) is 6.19. The van der Waals surface area contributed by atoms with Gasteiger partial charge in [-0.2, -0.15) is 0 Å². The molecule has 23 heavy (non-hydrogen) atoms. The first-order valence-electron chi connectivity index (χ1n) is 8.01. The maximum Gasteiger partial charge on any atom is 0.344 e. The van der Waals surface area contributed by atoms with Crippen LogP contribution in [0, 0.1) is 5.92 Å². The van der Waals surface area contributed by atoms with Crippen molar-refractivity contribution in [2.45, 2.75) is 38.6 Å². The molecule has 1 heterocycles. The van der Waals surface area contributed by atoms with Crippen molar-refractivity contribution in [3.8, 4) is 5.75 Å². The number of hydrogen-bond acceptors (Lipinski definition) is 4. The molecule has 5 heteroatoms. The van der Waals surface area contributed by atoms with Gasteiger partial charge in [0.05, 0.1) is 12.5 Å².